The summed E-state index contributed by atoms with van der Waals surface area (Å²) < 4.78 is 25.4. The van der Waals surface area contributed by atoms with Gasteiger partial charge >= 0.3 is 0 Å². The highest BCUT2D eigenvalue weighted by molar-refractivity contribution is 5.92. The third-order valence-electron chi connectivity index (χ3n) is 5.62. The molecule has 0 saturated carbocycles. The molecule has 2 atom stereocenters. The number of carbonyl (C=O) groups is 1. The summed E-state index contributed by atoms with van der Waals surface area (Å²) in [4.78, 5) is 25.2. The molecule has 1 aromatic carbocycles. The minimum atomic E-state index is -0.637. The fourth-order valence-electron chi connectivity index (χ4n) is 4.33. The lowest BCUT2D eigenvalue weighted by molar-refractivity contribution is -0.129. The second kappa shape index (κ2) is 7.38. The molecular formula is C20H24FN5O3. The number of hydrogen-bond donors (Lipinski definition) is 1. The van der Waals surface area contributed by atoms with E-state index < -0.39 is 5.82 Å². The number of piperazine rings is 1. The summed E-state index contributed by atoms with van der Waals surface area (Å²) in [6.45, 7) is 3.00. The average Bonchev–Trinajstić information content (AvgIpc) is 2.98. The van der Waals surface area contributed by atoms with Crippen molar-refractivity contribution in [2.45, 2.75) is 31.8 Å². The molecule has 154 valence electrons. The number of nitrogens with two attached hydrogens (primary N) is 1. The number of hydrogen-bond acceptors (Lipinski definition) is 7. The van der Waals surface area contributed by atoms with Crippen molar-refractivity contribution in [3.8, 4) is 11.5 Å². The predicted molar refractivity (Wildman–Crippen MR) is 108 cm³/mol. The van der Waals surface area contributed by atoms with Crippen molar-refractivity contribution >= 4 is 28.6 Å². The predicted octanol–water partition coefficient (Wildman–Crippen LogP) is 2.12. The van der Waals surface area contributed by atoms with E-state index in [0.717, 1.165) is 12.8 Å². The van der Waals surface area contributed by atoms with Gasteiger partial charge in [0.15, 0.2) is 17.3 Å². The third-order valence-corrected chi connectivity index (χ3v) is 5.62. The molecule has 2 bridgehead atoms. The van der Waals surface area contributed by atoms with Crippen LogP contribution in [0, 0.1) is 5.82 Å². The van der Waals surface area contributed by atoms with Crippen molar-refractivity contribution in [1.29, 1.82) is 0 Å². The van der Waals surface area contributed by atoms with E-state index in [0.29, 0.717) is 24.4 Å². The number of benzene rings is 1. The van der Waals surface area contributed by atoms with Crippen molar-refractivity contribution in [3.63, 3.8) is 0 Å². The number of fused-ring (bicyclic) bond motifs is 3. The van der Waals surface area contributed by atoms with Crippen molar-refractivity contribution in [1.82, 2.24) is 14.9 Å². The zero-order valence-electron chi connectivity index (χ0n) is 16.7. The number of nitrogens with zero attached hydrogens (tertiary/aromatic N) is 4. The van der Waals surface area contributed by atoms with Crippen LogP contribution in [0.5, 0.6) is 11.5 Å². The molecule has 8 nitrogen and oxygen atoms in total. The Morgan fingerprint density at radius 1 is 1.24 bits per heavy atom. The molecule has 2 unspecified atom stereocenters. The number of carbonyl (C=O) groups excluding carboxylic acids is 1. The summed E-state index contributed by atoms with van der Waals surface area (Å²) >= 11 is 0. The van der Waals surface area contributed by atoms with Gasteiger partial charge in [-0.2, -0.15) is 4.98 Å². The molecule has 2 fully saturated rings. The largest absolute Gasteiger partial charge is 0.493 e. The Hall–Kier alpha value is -3.10. The van der Waals surface area contributed by atoms with Crippen LogP contribution in [0.15, 0.2) is 18.2 Å². The fourth-order valence-corrected chi connectivity index (χ4v) is 4.33. The molecule has 29 heavy (non-hydrogen) atoms. The number of allylic oxidation sites excluding steroid dienone is 1. The smallest absolute Gasteiger partial charge is 0.246 e. The summed E-state index contributed by atoms with van der Waals surface area (Å²) in [6, 6.07) is 1.73. The Bertz CT molecular complexity index is 982. The summed E-state index contributed by atoms with van der Waals surface area (Å²) in [7, 11) is 2.80. The van der Waals surface area contributed by atoms with E-state index in [4.69, 9.17) is 15.2 Å². The number of halogens is 1. The molecule has 0 aliphatic carbocycles. The zero-order chi connectivity index (χ0) is 20.7. The van der Waals surface area contributed by atoms with E-state index in [2.05, 4.69) is 9.97 Å². The van der Waals surface area contributed by atoms with Crippen molar-refractivity contribution in [3.05, 3.63) is 24.0 Å². The van der Waals surface area contributed by atoms with Crippen LogP contribution in [-0.4, -0.2) is 60.2 Å². The van der Waals surface area contributed by atoms with E-state index in [1.54, 1.807) is 18.2 Å². The first-order valence-electron chi connectivity index (χ1n) is 9.56. The lowest BCUT2D eigenvalue weighted by atomic mass is 10.1. The monoisotopic (exact) mass is 401 g/mol. The topological polar surface area (TPSA) is 93.8 Å². The van der Waals surface area contributed by atoms with Gasteiger partial charge in [-0.25, -0.2) is 9.37 Å². The number of nitrogen functional groups attached to an aromatic ring is 1. The Morgan fingerprint density at radius 2 is 1.93 bits per heavy atom. The standard InChI is InChI=1S/C20H24FN5O3/c1-4-5-15(27)26-11-6-7-12(26)10-25(9-11)20-23-17-13(19(22)24-20)8-14(28-2)18(29-3)16(17)21/h4-5,8,11-12H,6-7,9-10H2,1-3H3,(H2,22,23,24)/b5-4+. The molecule has 0 spiro atoms. The van der Waals surface area contributed by atoms with Gasteiger partial charge in [-0.05, 0) is 31.9 Å². The SMILES string of the molecule is C/C=C/C(=O)N1C2CCC1CN(c1nc(N)c3cc(OC)c(OC)c(F)c3n1)C2. The Morgan fingerprint density at radius 3 is 2.52 bits per heavy atom. The lowest BCUT2D eigenvalue weighted by Crippen LogP contribution is -2.56. The number of ether oxygens (including phenoxy) is 2. The molecule has 2 aliphatic rings. The van der Waals surface area contributed by atoms with Gasteiger partial charge in [0.05, 0.1) is 26.3 Å². The van der Waals surface area contributed by atoms with Crippen LogP contribution in [0.3, 0.4) is 0 Å². The van der Waals surface area contributed by atoms with E-state index in [1.165, 1.54) is 14.2 Å². The van der Waals surface area contributed by atoms with Crippen LogP contribution in [0.1, 0.15) is 19.8 Å². The lowest BCUT2D eigenvalue weighted by Gasteiger charge is -2.40. The van der Waals surface area contributed by atoms with Crippen LogP contribution in [0.25, 0.3) is 10.9 Å². The van der Waals surface area contributed by atoms with Gasteiger partial charge < -0.3 is 25.0 Å². The first-order valence-corrected chi connectivity index (χ1v) is 9.56. The molecule has 2 aromatic rings. The minimum absolute atomic E-state index is 0.0223. The Balaban J connectivity index is 1.71. The molecule has 0 radical (unpaired) electrons. The summed E-state index contributed by atoms with van der Waals surface area (Å²) in [5.41, 5.74) is 6.22. The Labute approximate surface area is 168 Å². The molecule has 2 saturated heterocycles. The highest BCUT2D eigenvalue weighted by Gasteiger charge is 2.42. The van der Waals surface area contributed by atoms with Gasteiger partial charge in [0.1, 0.15) is 11.3 Å². The molecule has 2 N–H and O–H groups in total. The second-order valence-electron chi connectivity index (χ2n) is 7.27. The van der Waals surface area contributed by atoms with Gasteiger partial charge in [0, 0.05) is 18.5 Å². The maximum absolute atomic E-state index is 15.0. The zero-order valence-corrected chi connectivity index (χ0v) is 16.7. The first kappa shape index (κ1) is 19.2. The fraction of sp³-hybridized carbons (Fsp3) is 0.450. The summed E-state index contributed by atoms with van der Waals surface area (Å²) in [5.74, 6) is 0.130. The maximum atomic E-state index is 15.0. The van der Waals surface area contributed by atoms with Crippen molar-refractivity contribution in [2.75, 3.05) is 37.9 Å². The van der Waals surface area contributed by atoms with Crippen LogP contribution in [0.2, 0.25) is 0 Å². The molecule has 2 aliphatic heterocycles. The maximum Gasteiger partial charge on any atom is 0.246 e. The molecule has 4 rings (SSSR count). The van der Waals surface area contributed by atoms with Gasteiger partial charge in [-0.1, -0.05) is 6.08 Å². The molecule has 3 heterocycles. The number of aromatic nitrogens is 2. The average molecular weight is 401 g/mol. The van der Waals surface area contributed by atoms with E-state index in [-0.39, 0.29) is 40.8 Å². The number of amides is 1. The Kier molecular flexibility index (Phi) is 4.89. The normalized spacial score (nSPS) is 21.2. The number of methoxy groups -OCH3 is 2. The highest BCUT2D eigenvalue weighted by Crippen LogP contribution is 2.38. The molecular weight excluding hydrogens is 377 g/mol. The minimum Gasteiger partial charge on any atom is -0.493 e. The van der Waals surface area contributed by atoms with Gasteiger partial charge in [-0.3, -0.25) is 4.79 Å². The van der Waals surface area contributed by atoms with Gasteiger partial charge in [-0.15, -0.1) is 0 Å². The van der Waals surface area contributed by atoms with Crippen LogP contribution in [-0.2, 0) is 4.79 Å². The second-order valence-corrected chi connectivity index (χ2v) is 7.27. The first-order chi connectivity index (χ1) is 14.0. The van der Waals surface area contributed by atoms with E-state index in [1.807, 2.05) is 16.7 Å². The van der Waals surface area contributed by atoms with Crippen LogP contribution in [0.4, 0.5) is 16.2 Å². The van der Waals surface area contributed by atoms with Crippen LogP contribution >= 0.6 is 0 Å². The van der Waals surface area contributed by atoms with Gasteiger partial charge in [0.2, 0.25) is 11.9 Å². The third kappa shape index (κ3) is 3.10. The quantitative estimate of drug-likeness (QED) is 0.785. The highest BCUT2D eigenvalue weighted by atomic mass is 19.1. The summed E-state index contributed by atoms with van der Waals surface area (Å²) in [5, 5.41) is 0.369. The van der Waals surface area contributed by atoms with E-state index in [9.17, 15) is 4.79 Å². The van der Waals surface area contributed by atoms with Gasteiger partial charge in [0.25, 0.3) is 0 Å². The molecule has 1 aromatic heterocycles. The number of anilines is 2. The number of rotatable bonds is 4. The van der Waals surface area contributed by atoms with E-state index >= 15 is 4.39 Å². The van der Waals surface area contributed by atoms with Crippen molar-refractivity contribution < 1.29 is 18.7 Å². The van der Waals surface area contributed by atoms with Crippen LogP contribution < -0.4 is 20.1 Å². The molecule has 1 amide bonds. The molecule has 9 heteroatoms. The summed E-state index contributed by atoms with van der Waals surface area (Å²) in [6.07, 6.45) is 5.20. The van der Waals surface area contributed by atoms with Crippen molar-refractivity contribution in [2.24, 2.45) is 0 Å².